The largest absolute Gasteiger partial charge is 0.369 e. The van der Waals surface area contributed by atoms with Crippen LogP contribution in [-0.4, -0.2) is 15.5 Å². The third-order valence-electron chi connectivity index (χ3n) is 3.34. The molecule has 0 aliphatic carbocycles. The molecule has 3 rings (SSSR count). The van der Waals surface area contributed by atoms with E-state index in [4.69, 9.17) is 15.5 Å². The average molecular weight is 231 g/mol. The van der Waals surface area contributed by atoms with E-state index in [2.05, 4.69) is 24.3 Å². The van der Waals surface area contributed by atoms with Gasteiger partial charge in [-0.25, -0.2) is 4.98 Å². The maximum absolute atomic E-state index is 5.85. The van der Waals surface area contributed by atoms with E-state index >= 15 is 0 Å². The number of imidazole rings is 1. The molecule has 0 aromatic carbocycles. The van der Waals surface area contributed by atoms with Gasteiger partial charge in [-0.15, -0.1) is 0 Å². The van der Waals surface area contributed by atoms with Crippen LogP contribution < -0.4 is 5.73 Å². The number of nitrogens with zero attached hydrogens (tertiary/aromatic N) is 2. The van der Waals surface area contributed by atoms with Crippen LogP contribution in [0.5, 0.6) is 0 Å². The Morgan fingerprint density at radius 2 is 2.35 bits per heavy atom. The second-order valence-electron chi connectivity index (χ2n) is 4.70. The predicted molar refractivity (Wildman–Crippen MR) is 65.7 cm³/mol. The lowest BCUT2D eigenvalue weighted by Gasteiger charge is -2.25. The molecule has 0 bridgehead atoms. The molecule has 0 fully saturated rings. The summed E-state index contributed by atoms with van der Waals surface area (Å²) in [6, 6.07) is 4.09. The van der Waals surface area contributed by atoms with Crippen molar-refractivity contribution in [3.05, 3.63) is 35.3 Å². The van der Waals surface area contributed by atoms with Crippen molar-refractivity contribution in [2.75, 3.05) is 0 Å². The molecule has 1 aliphatic rings. The van der Waals surface area contributed by atoms with Crippen molar-refractivity contribution in [3.8, 4) is 0 Å². The molecule has 2 unspecified atom stereocenters. The van der Waals surface area contributed by atoms with Crippen LogP contribution in [0.4, 0.5) is 0 Å². The van der Waals surface area contributed by atoms with E-state index in [-0.39, 0.29) is 12.2 Å². The summed E-state index contributed by atoms with van der Waals surface area (Å²) in [4.78, 5) is 4.69. The second kappa shape index (κ2) is 3.82. The number of hydrogen-bond donors (Lipinski definition) is 1. The molecule has 17 heavy (non-hydrogen) atoms. The maximum atomic E-state index is 5.85. The first-order valence-electron chi connectivity index (χ1n) is 6.04. The molecule has 0 saturated carbocycles. The number of hydrogen-bond acceptors (Lipinski definition) is 3. The van der Waals surface area contributed by atoms with Crippen LogP contribution in [0.25, 0.3) is 5.65 Å². The van der Waals surface area contributed by atoms with Gasteiger partial charge in [0.1, 0.15) is 5.65 Å². The zero-order valence-electron chi connectivity index (χ0n) is 10.2. The molecule has 1 aliphatic heterocycles. The minimum atomic E-state index is 0.104. The van der Waals surface area contributed by atoms with Crippen LogP contribution in [0.3, 0.4) is 0 Å². The normalized spacial score (nSPS) is 23.9. The van der Waals surface area contributed by atoms with Crippen LogP contribution in [0, 0.1) is 0 Å². The highest BCUT2D eigenvalue weighted by Gasteiger charge is 2.26. The van der Waals surface area contributed by atoms with Gasteiger partial charge in [0, 0.05) is 19.2 Å². The second-order valence-corrected chi connectivity index (χ2v) is 4.70. The monoisotopic (exact) mass is 231 g/mol. The highest BCUT2D eigenvalue weighted by Crippen LogP contribution is 2.30. The van der Waals surface area contributed by atoms with Gasteiger partial charge in [0.2, 0.25) is 0 Å². The van der Waals surface area contributed by atoms with Crippen LogP contribution in [0.1, 0.15) is 36.9 Å². The van der Waals surface area contributed by atoms with E-state index in [9.17, 15) is 0 Å². The summed E-state index contributed by atoms with van der Waals surface area (Å²) in [5.41, 5.74) is 10.1. The lowest BCUT2D eigenvalue weighted by Crippen LogP contribution is -2.22. The summed E-state index contributed by atoms with van der Waals surface area (Å²) in [7, 11) is 0. The lowest BCUT2D eigenvalue weighted by atomic mass is 10.1. The van der Waals surface area contributed by atoms with Crippen molar-refractivity contribution in [1.82, 2.24) is 9.38 Å². The summed E-state index contributed by atoms with van der Waals surface area (Å²) in [5.74, 6) is 0. The molecule has 4 nitrogen and oxygen atoms in total. The Morgan fingerprint density at radius 1 is 1.53 bits per heavy atom. The van der Waals surface area contributed by atoms with Gasteiger partial charge in [-0.1, -0.05) is 0 Å². The van der Waals surface area contributed by atoms with Gasteiger partial charge < -0.3 is 14.9 Å². The minimum Gasteiger partial charge on any atom is -0.369 e. The number of aromatic nitrogens is 2. The van der Waals surface area contributed by atoms with Gasteiger partial charge >= 0.3 is 0 Å². The molecule has 2 aromatic heterocycles. The zero-order chi connectivity index (χ0) is 12.0. The van der Waals surface area contributed by atoms with Crippen molar-refractivity contribution in [1.29, 1.82) is 0 Å². The fourth-order valence-electron chi connectivity index (χ4n) is 2.60. The van der Waals surface area contributed by atoms with Crippen molar-refractivity contribution in [2.24, 2.45) is 5.73 Å². The third-order valence-corrected chi connectivity index (χ3v) is 3.34. The Kier molecular flexibility index (Phi) is 2.42. The van der Waals surface area contributed by atoms with E-state index in [1.165, 1.54) is 5.69 Å². The van der Waals surface area contributed by atoms with Gasteiger partial charge in [-0.2, -0.15) is 0 Å². The van der Waals surface area contributed by atoms with Crippen molar-refractivity contribution in [3.63, 3.8) is 0 Å². The SMILES string of the molecule is CC1Cc2nc3cc(CN)ccn3c2C(C)O1. The molecule has 4 heteroatoms. The van der Waals surface area contributed by atoms with Crippen molar-refractivity contribution < 1.29 is 4.74 Å². The summed E-state index contributed by atoms with van der Waals surface area (Å²) in [6.07, 6.45) is 3.28. The standard InChI is InChI=1S/C13H17N3O/c1-8-5-11-13(9(2)17-8)16-4-3-10(7-14)6-12(16)15-11/h3-4,6,8-9H,5,7,14H2,1-2H3. The van der Waals surface area contributed by atoms with E-state index in [1.807, 2.05) is 12.3 Å². The summed E-state index contributed by atoms with van der Waals surface area (Å²) in [5, 5.41) is 0. The Labute approximate surface area is 100 Å². The smallest absolute Gasteiger partial charge is 0.137 e. The Hall–Kier alpha value is -1.39. The zero-order valence-corrected chi connectivity index (χ0v) is 10.2. The number of fused-ring (bicyclic) bond motifs is 3. The van der Waals surface area contributed by atoms with Gasteiger partial charge in [0.05, 0.1) is 23.6 Å². The first-order chi connectivity index (χ1) is 8.19. The topological polar surface area (TPSA) is 52.5 Å². The van der Waals surface area contributed by atoms with Gasteiger partial charge in [-0.3, -0.25) is 0 Å². The van der Waals surface area contributed by atoms with Crippen LogP contribution in [-0.2, 0) is 17.7 Å². The molecule has 3 heterocycles. The Balaban J connectivity index is 2.20. The van der Waals surface area contributed by atoms with E-state index < -0.39 is 0 Å². The van der Waals surface area contributed by atoms with E-state index in [1.54, 1.807) is 0 Å². The lowest BCUT2D eigenvalue weighted by molar-refractivity contribution is -0.00833. The molecule has 2 aromatic rings. The molecular formula is C13H17N3O. The van der Waals surface area contributed by atoms with Crippen molar-refractivity contribution >= 4 is 5.65 Å². The summed E-state index contributed by atoms with van der Waals surface area (Å²) < 4.78 is 7.97. The average Bonchev–Trinajstić information content (AvgIpc) is 2.65. The van der Waals surface area contributed by atoms with Crippen molar-refractivity contribution in [2.45, 2.75) is 39.0 Å². The van der Waals surface area contributed by atoms with E-state index in [0.29, 0.717) is 6.54 Å². The molecular weight excluding hydrogens is 214 g/mol. The number of ether oxygens (including phenoxy) is 1. The summed E-state index contributed by atoms with van der Waals surface area (Å²) in [6.45, 7) is 4.73. The Bertz CT molecular complexity index is 561. The fourth-order valence-corrected chi connectivity index (χ4v) is 2.60. The molecule has 90 valence electrons. The fraction of sp³-hybridized carbons (Fsp3) is 0.462. The van der Waals surface area contributed by atoms with Gasteiger partial charge in [0.25, 0.3) is 0 Å². The first kappa shape index (κ1) is 10.7. The van der Waals surface area contributed by atoms with Gasteiger partial charge in [-0.05, 0) is 31.5 Å². The highest BCUT2D eigenvalue weighted by molar-refractivity contribution is 5.47. The quantitative estimate of drug-likeness (QED) is 0.814. The molecule has 0 spiro atoms. The molecule has 0 saturated heterocycles. The van der Waals surface area contributed by atoms with Gasteiger partial charge in [0.15, 0.2) is 0 Å². The third kappa shape index (κ3) is 1.64. The molecule has 2 N–H and O–H groups in total. The summed E-state index contributed by atoms with van der Waals surface area (Å²) >= 11 is 0. The number of pyridine rings is 1. The predicted octanol–water partition coefficient (Wildman–Crippen LogP) is 1.82. The number of nitrogens with two attached hydrogens (primary N) is 1. The minimum absolute atomic E-state index is 0.104. The van der Waals surface area contributed by atoms with Crippen LogP contribution in [0.15, 0.2) is 18.3 Å². The van der Waals surface area contributed by atoms with E-state index in [0.717, 1.165) is 23.3 Å². The Morgan fingerprint density at radius 3 is 3.12 bits per heavy atom. The molecule has 2 atom stereocenters. The van der Waals surface area contributed by atoms with Crippen LogP contribution in [0.2, 0.25) is 0 Å². The number of rotatable bonds is 1. The molecule has 0 radical (unpaired) electrons. The molecule has 0 amide bonds. The van der Waals surface area contributed by atoms with Crippen LogP contribution >= 0.6 is 0 Å². The highest BCUT2D eigenvalue weighted by atomic mass is 16.5. The maximum Gasteiger partial charge on any atom is 0.137 e. The first-order valence-corrected chi connectivity index (χ1v) is 6.04.